The molecule has 1 saturated heterocycles. The Labute approximate surface area is 106 Å². The minimum absolute atomic E-state index is 0.0464. The summed E-state index contributed by atoms with van der Waals surface area (Å²) < 4.78 is 5.25. The summed E-state index contributed by atoms with van der Waals surface area (Å²) in [5.41, 5.74) is 0. The minimum Gasteiger partial charge on any atom is -0.481 e. The average Bonchev–Trinajstić information content (AvgIpc) is 2.85. The van der Waals surface area contributed by atoms with Gasteiger partial charge in [0.15, 0.2) is 5.82 Å². The number of aromatic nitrogens is 2. The number of likely N-dealkylation sites (N-methyl/N-ethyl adjacent to an activating group) is 1. The Morgan fingerprint density at radius 1 is 1.61 bits per heavy atom. The molecule has 0 amide bonds. The molecule has 1 atom stereocenters. The monoisotopic (exact) mass is 253 g/mol. The molecule has 1 aliphatic rings. The van der Waals surface area contributed by atoms with Gasteiger partial charge in [0.1, 0.15) is 0 Å². The first-order chi connectivity index (χ1) is 8.69. The van der Waals surface area contributed by atoms with Gasteiger partial charge in [0.05, 0.1) is 12.3 Å². The second-order valence-corrected chi connectivity index (χ2v) is 4.67. The van der Waals surface area contributed by atoms with Crippen molar-refractivity contribution in [2.75, 3.05) is 19.6 Å². The van der Waals surface area contributed by atoms with Crippen LogP contribution in [0.4, 0.5) is 0 Å². The van der Waals surface area contributed by atoms with E-state index in [1.165, 1.54) is 0 Å². The minimum atomic E-state index is -0.837. The van der Waals surface area contributed by atoms with Gasteiger partial charge >= 0.3 is 5.97 Å². The standard InChI is InChI=1S/C12H19N3O3/c1-2-15-7-3-4-9(8-15)12-13-10(14-18-12)5-6-11(16)17/h9H,2-8H2,1H3,(H,16,17). The van der Waals surface area contributed by atoms with Crippen molar-refractivity contribution in [2.24, 2.45) is 0 Å². The lowest BCUT2D eigenvalue weighted by atomic mass is 9.98. The van der Waals surface area contributed by atoms with Crippen LogP contribution in [0.5, 0.6) is 0 Å². The number of hydrogen-bond acceptors (Lipinski definition) is 5. The third-order valence-corrected chi connectivity index (χ3v) is 3.35. The van der Waals surface area contributed by atoms with Crippen LogP contribution in [-0.2, 0) is 11.2 Å². The molecule has 1 aromatic heterocycles. The van der Waals surface area contributed by atoms with Crippen LogP contribution < -0.4 is 0 Å². The quantitative estimate of drug-likeness (QED) is 0.851. The van der Waals surface area contributed by atoms with E-state index in [4.69, 9.17) is 9.63 Å². The van der Waals surface area contributed by atoms with Gasteiger partial charge in [-0.1, -0.05) is 12.1 Å². The summed E-state index contributed by atoms with van der Waals surface area (Å²) in [4.78, 5) is 17.1. The zero-order valence-electron chi connectivity index (χ0n) is 10.6. The van der Waals surface area contributed by atoms with Crippen molar-refractivity contribution in [3.05, 3.63) is 11.7 Å². The van der Waals surface area contributed by atoms with Gasteiger partial charge in [0.25, 0.3) is 0 Å². The molecule has 0 aromatic carbocycles. The van der Waals surface area contributed by atoms with Crippen molar-refractivity contribution in [3.63, 3.8) is 0 Å². The smallest absolute Gasteiger partial charge is 0.303 e. The fourth-order valence-corrected chi connectivity index (χ4v) is 2.30. The topological polar surface area (TPSA) is 79.5 Å². The van der Waals surface area contributed by atoms with Crippen LogP contribution in [-0.4, -0.2) is 45.8 Å². The zero-order chi connectivity index (χ0) is 13.0. The van der Waals surface area contributed by atoms with E-state index in [0.717, 1.165) is 32.5 Å². The fourth-order valence-electron chi connectivity index (χ4n) is 2.30. The number of aliphatic carboxylic acids is 1. The number of hydrogen-bond donors (Lipinski definition) is 1. The van der Waals surface area contributed by atoms with Gasteiger partial charge in [-0.25, -0.2) is 0 Å². The van der Waals surface area contributed by atoms with Gasteiger partial charge in [0, 0.05) is 13.0 Å². The van der Waals surface area contributed by atoms with Crippen molar-refractivity contribution in [1.29, 1.82) is 0 Å². The average molecular weight is 253 g/mol. The molecule has 2 rings (SSSR count). The van der Waals surface area contributed by atoms with E-state index in [0.29, 0.717) is 24.1 Å². The van der Waals surface area contributed by atoms with Gasteiger partial charge in [0.2, 0.25) is 5.89 Å². The van der Waals surface area contributed by atoms with E-state index in [-0.39, 0.29) is 6.42 Å². The first-order valence-electron chi connectivity index (χ1n) is 6.45. The number of rotatable bonds is 5. The molecular formula is C12H19N3O3. The Morgan fingerprint density at radius 3 is 3.17 bits per heavy atom. The maximum absolute atomic E-state index is 10.5. The molecule has 0 radical (unpaired) electrons. The van der Waals surface area contributed by atoms with Crippen molar-refractivity contribution in [3.8, 4) is 0 Å². The molecule has 18 heavy (non-hydrogen) atoms. The summed E-state index contributed by atoms with van der Waals surface area (Å²) >= 11 is 0. The predicted molar refractivity (Wildman–Crippen MR) is 64.3 cm³/mol. The Kier molecular flexibility index (Phi) is 4.30. The first kappa shape index (κ1) is 13.0. The highest BCUT2D eigenvalue weighted by Crippen LogP contribution is 2.25. The molecule has 0 aliphatic carbocycles. The number of nitrogens with zero attached hydrogens (tertiary/aromatic N) is 3. The van der Waals surface area contributed by atoms with E-state index in [2.05, 4.69) is 22.0 Å². The van der Waals surface area contributed by atoms with Crippen molar-refractivity contribution < 1.29 is 14.4 Å². The molecule has 1 aliphatic heterocycles. The highest BCUT2D eigenvalue weighted by molar-refractivity contribution is 5.66. The highest BCUT2D eigenvalue weighted by Gasteiger charge is 2.25. The van der Waals surface area contributed by atoms with Crippen molar-refractivity contribution in [1.82, 2.24) is 15.0 Å². The molecule has 1 unspecified atom stereocenters. The van der Waals surface area contributed by atoms with Gasteiger partial charge in [-0.3, -0.25) is 4.79 Å². The summed E-state index contributed by atoms with van der Waals surface area (Å²) in [6.07, 6.45) is 2.59. The lowest BCUT2D eigenvalue weighted by Crippen LogP contribution is -2.34. The van der Waals surface area contributed by atoms with Crippen LogP contribution in [0.1, 0.15) is 43.8 Å². The van der Waals surface area contributed by atoms with Gasteiger partial charge < -0.3 is 14.5 Å². The summed E-state index contributed by atoms with van der Waals surface area (Å²) in [5, 5.41) is 12.5. The van der Waals surface area contributed by atoms with Crippen LogP contribution in [0.25, 0.3) is 0 Å². The summed E-state index contributed by atoms with van der Waals surface area (Å²) in [7, 11) is 0. The molecule has 100 valence electrons. The van der Waals surface area contributed by atoms with Crippen molar-refractivity contribution >= 4 is 5.97 Å². The predicted octanol–water partition coefficient (Wildman–Crippen LogP) is 1.29. The van der Waals surface area contributed by atoms with E-state index in [1.54, 1.807) is 0 Å². The first-order valence-corrected chi connectivity index (χ1v) is 6.45. The lowest BCUT2D eigenvalue weighted by Gasteiger charge is -2.29. The fraction of sp³-hybridized carbons (Fsp3) is 0.750. The van der Waals surface area contributed by atoms with Crippen LogP contribution in [0.3, 0.4) is 0 Å². The Bertz CT molecular complexity index is 405. The van der Waals surface area contributed by atoms with E-state index in [1.807, 2.05) is 0 Å². The van der Waals surface area contributed by atoms with Gasteiger partial charge in [-0.2, -0.15) is 4.98 Å². The SMILES string of the molecule is CCN1CCCC(c2nc(CCC(=O)O)no2)C1. The van der Waals surface area contributed by atoms with Gasteiger partial charge in [-0.15, -0.1) is 0 Å². The summed E-state index contributed by atoms with van der Waals surface area (Å²) in [6.45, 7) is 5.27. The third-order valence-electron chi connectivity index (χ3n) is 3.35. The largest absolute Gasteiger partial charge is 0.481 e. The Morgan fingerprint density at radius 2 is 2.44 bits per heavy atom. The molecule has 1 N–H and O–H groups in total. The lowest BCUT2D eigenvalue weighted by molar-refractivity contribution is -0.137. The number of aryl methyl sites for hydroxylation is 1. The van der Waals surface area contributed by atoms with Crippen LogP contribution >= 0.6 is 0 Å². The number of carboxylic acids is 1. The number of carboxylic acid groups (broad SMARTS) is 1. The van der Waals surface area contributed by atoms with Crippen LogP contribution in [0, 0.1) is 0 Å². The number of piperidine rings is 1. The maximum Gasteiger partial charge on any atom is 0.303 e. The molecule has 1 fully saturated rings. The maximum atomic E-state index is 10.5. The van der Waals surface area contributed by atoms with Crippen LogP contribution in [0.15, 0.2) is 4.52 Å². The summed E-state index contributed by atoms with van der Waals surface area (Å²) in [6, 6.07) is 0. The third kappa shape index (κ3) is 3.29. The second-order valence-electron chi connectivity index (χ2n) is 4.67. The molecule has 0 spiro atoms. The van der Waals surface area contributed by atoms with E-state index < -0.39 is 5.97 Å². The Hall–Kier alpha value is -1.43. The van der Waals surface area contributed by atoms with Crippen LogP contribution in [0.2, 0.25) is 0 Å². The molecule has 0 bridgehead atoms. The molecular weight excluding hydrogens is 234 g/mol. The van der Waals surface area contributed by atoms with E-state index >= 15 is 0 Å². The zero-order valence-corrected chi connectivity index (χ0v) is 10.6. The van der Waals surface area contributed by atoms with E-state index in [9.17, 15) is 4.79 Å². The second kappa shape index (κ2) is 5.95. The number of carbonyl (C=O) groups is 1. The van der Waals surface area contributed by atoms with Gasteiger partial charge in [-0.05, 0) is 25.9 Å². The number of likely N-dealkylation sites (tertiary alicyclic amines) is 1. The highest BCUT2D eigenvalue weighted by atomic mass is 16.5. The molecule has 6 nitrogen and oxygen atoms in total. The van der Waals surface area contributed by atoms with Crippen molar-refractivity contribution in [2.45, 2.75) is 38.5 Å². The molecule has 0 saturated carbocycles. The molecule has 2 heterocycles. The summed E-state index contributed by atoms with van der Waals surface area (Å²) in [5.74, 6) is 0.621. The molecule has 1 aromatic rings. The molecule has 6 heteroatoms. The Balaban J connectivity index is 1.94. The normalized spacial score (nSPS) is 21.1.